The van der Waals surface area contributed by atoms with Gasteiger partial charge in [-0.15, -0.1) is 0 Å². The molecule has 1 aromatic carbocycles. The summed E-state index contributed by atoms with van der Waals surface area (Å²) in [6.07, 6.45) is 5.14. The Balaban J connectivity index is 1.31. The van der Waals surface area contributed by atoms with Crippen LogP contribution in [-0.2, 0) is 25.8 Å². The quantitative estimate of drug-likeness (QED) is 0.644. The molecule has 2 saturated heterocycles. The zero-order valence-corrected chi connectivity index (χ0v) is 19.9. The van der Waals surface area contributed by atoms with Gasteiger partial charge >= 0.3 is 0 Å². The molecule has 0 bridgehead atoms. The minimum Gasteiger partial charge on any atom is -0.340 e. The van der Waals surface area contributed by atoms with Crippen LogP contribution < -0.4 is 0 Å². The average molecular weight is 462 g/mol. The van der Waals surface area contributed by atoms with E-state index >= 15 is 0 Å². The lowest BCUT2D eigenvalue weighted by molar-refractivity contribution is -0.138. The van der Waals surface area contributed by atoms with Gasteiger partial charge in [-0.25, -0.2) is 8.42 Å². The van der Waals surface area contributed by atoms with Crippen molar-refractivity contribution in [2.75, 3.05) is 44.2 Å². The number of carbonyl (C=O) groups is 2. The van der Waals surface area contributed by atoms with E-state index in [-0.39, 0.29) is 35.4 Å². The monoisotopic (exact) mass is 461 g/mol. The number of piperazine rings is 1. The number of rotatable bonds is 6. The number of hydrogen-bond donors (Lipinski definition) is 0. The van der Waals surface area contributed by atoms with E-state index < -0.39 is 9.84 Å². The predicted octanol–water partition coefficient (Wildman–Crippen LogP) is 1.64. The zero-order valence-electron chi connectivity index (χ0n) is 19.0. The van der Waals surface area contributed by atoms with Crippen molar-refractivity contribution in [3.8, 4) is 0 Å². The summed E-state index contributed by atoms with van der Waals surface area (Å²) in [5.41, 5.74) is 2.19. The molecule has 2 heterocycles. The Morgan fingerprint density at radius 1 is 1.00 bits per heavy atom. The van der Waals surface area contributed by atoms with E-state index in [0.717, 1.165) is 36.8 Å². The van der Waals surface area contributed by atoms with Gasteiger partial charge in [-0.2, -0.15) is 0 Å². The largest absolute Gasteiger partial charge is 0.340 e. The number of amides is 2. The minimum atomic E-state index is -3.03. The van der Waals surface area contributed by atoms with E-state index in [2.05, 4.69) is 4.90 Å². The second kappa shape index (κ2) is 9.91. The molecule has 32 heavy (non-hydrogen) atoms. The molecule has 8 heteroatoms. The van der Waals surface area contributed by atoms with Crippen molar-refractivity contribution >= 4 is 21.7 Å². The fraction of sp³-hybridized carbons (Fsp3) is 0.667. The van der Waals surface area contributed by atoms with E-state index in [9.17, 15) is 18.0 Å². The molecule has 4 rings (SSSR count). The van der Waals surface area contributed by atoms with Crippen LogP contribution in [-0.4, -0.2) is 91.2 Å². The normalized spacial score (nSPS) is 24.0. The second-order valence-electron chi connectivity index (χ2n) is 9.56. The lowest BCUT2D eigenvalue weighted by atomic mass is 10.1. The van der Waals surface area contributed by atoms with Gasteiger partial charge in [0, 0.05) is 38.3 Å². The van der Waals surface area contributed by atoms with Gasteiger partial charge in [0.25, 0.3) is 0 Å². The summed E-state index contributed by atoms with van der Waals surface area (Å²) < 4.78 is 24.1. The fourth-order valence-corrected chi connectivity index (χ4v) is 7.11. The van der Waals surface area contributed by atoms with Crippen LogP contribution in [0.1, 0.15) is 43.2 Å². The van der Waals surface area contributed by atoms with Crippen LogP contribution in [0.5, 0.6) is 0 Å². The molecule has 0 aromatic heterocycles. The SMILES string of the molecule is Cc1ccccc1CC(=O)N1CCN(CC(=O)N(C2CCCC2)C2CCS(=O)(=O)C2)CC1. The van der Waals surface area contributed by atoms with Gasteiger partial charge in [0.15, 0.2) is 9.84 Å². The van der Waals surface area contributed by atoms with E-state index in [0.29, 0.717) is 45.6 Å². The third-order valence-corrected chi connectivity index (χ3v) is 9.05. The Bertz CT molecular complexity index is 934. The third kappa shape index (κ3) is 5.52. The van der Waals surface area contributed by atoms with E-state index in [1.54, 1.807) is 0 Å². The number of hydrogen-bond acceptors (Lipinski definition) is 5. The molecule has 1 aliphatic carbocycles. The van der Waals surface area contributed by atoms with Crippen LogP contribution in [0, 0.1) is 6.92 Å². The molecule has 3 aliphatic rings. The standard InChI is InChI=1S/C24H35N3O4S/c1-19-6-2-3-7-20(19)16-23(28)26-13-11-25(12-14-26)17-24(29)27(21-8-4-5-9-21)22-10-15-32(30,31)18-22/h2-3,6-7,21-22H,4-5,8-18H2,1H3. The van der Waals surface area contributed by atoms with E-state index in [1.165, 1.54) is 0 Å². The molecule has 2 aliphatic heterocycles. The van der Waals surface area contributed by atoms with Crippen LogP contribution in [0.25, 0.3) is 0 Å². The van der Waals surface area contributed by atoms with Gasteiger partial charge in [0.1, 0.15) is 0 Å². The molecule has 1 aromatic rings. The van der Waals surface area contributed by atoms with Crippen LogP contribution in [0.15, 0.2) is 24.3 Å². The number of carbonyl (C=O) groups excluding carboxylic acids is 2. The van der Waals surface area contributed by atoms with Crippen LogP contribution in [0.3, 0.4) is 0 Å². The highest BCUT2D eigenvalue weighted by atomic mass is 32.2. The van der Waals surface area contributed by atoms with Crippen molar-refractivity contribution in [2.45, 2.75) is 57.5 Å². The third-order valence-electron chi connectivity index (χ3n) is 7.29. The Kier molecular flexibility index (Phi) is 7.20. The average Bonchev–Trinajstić information content (AvgIpc) is 3.40. The highest BCUT2D eigenvalue weighted by Gasteiger charge is 2.39. The topological polar surface area (TPSA) is 78.0 Å². The first kappa shape index (κ1) is 23.2. The summed E-state index contributed by atoms with van der Waals surface area (Å²) in [5, 5.41) is 0. The van der Waals surface area contributed by atoms with Gasteiger partial charge in [-0.05, 0) is 37.3 Å². The summed E-state index contributed by atoms with van der Waals surface area (Å²) in [5.74, 6) is 0.486. The Labute approximate surface area is 191 Å². The molecule has 176 valence electrons. The molecule has 1 atom stereocenters. The maximum absolute atomic E-state index is 13.3. The molecule has 1 unspecified atom stereocenters. The van der Waals surface area contributed by atoms with Crippen LogP contribution >= 0.6 is 0 Å². The lowest BCUT2D eigenvalue weighted by Gasteiger charge is -2.38. The molecular weight excluding hydrogens is 426 g/mol. The maximum Gasteiger partial charge on any atom is 0.237 e. The van der Waals surface area contributed by atoms with Crippen molar-refractivity contribution in [3.63, 3.8) is 0 Å². The summed E-state index contributed by atoms with van der Waals surface area (Å²) in [6, 6.07) is 7.98. The van der Waals surface area contributed by atoms with E-state index in [4.69, 9.17) is 0 Å². The van der Waals surface area contributed by atoms with Gasteiger partial charge in [-0.1, -0.05) is 37.1 Å². The first-order valence-electron chi connectivity index (χ1n) is 11.9. The molecule has 2 amide bonds. The lowest BCUT2D eigenvalue weighted by Crippen LogP contribution is -2.54. The Hall–Kier alpha value is -1.93. The van der Waals surface area contributed by atoms with Crippen LogP contribution in [0.2, 0.25) is 0 Å². The zero-order chi connectivity index (χ0) is 22.7. The number of sulfone groups is 1. The molecule has 1 saturated carbocycles. The Morgan fingerprint density at radius 2 is 1.69 bits per heavy atom. The molecule has 0 N–H and O–H groups in total. The van der Waals surface area contributed by atoms with E-state index in [1.807, 2.05) is 41.0 Å². The summed E-state index contributed by atoms with van der Waals surface area (Å²) in [4.78, 5) is 32.0. The van der Waals surface area contributed by atoms with Gasteiger partial charge in [0.05, 0.1) is 24.5 Å². The number of benzene rings is 1. The summed E-state index contributed by atoms with van der Waals surface area (Å²) in [6.45, 7) is 4.93. The van der Waals surface area contributed by atoms with Crippen molar-refractivity contribution < 1.29 is 18.0 Å². The highest BCUT2D eigenvalue weighted by molar-refractivity contribution is 7.91. The highest BCUT2D eigenvalue weighted by Crippen LogP contribution is 2.29. The number of aryl methyl sites for hydroxylation is 1. The molecule has 0 spiro atoms. The molecule has 3 fully saturated rings. The minimum absolute atomic E-state index is 0.0543. The maximum atomic E-state index is 13.3. The summed E-state index contributed by atoms with van der Waals surface area (Å²) in [7, 11) is -3.03. The molecular formula is C24H35N3O4S. The van der Waals surface area contributed by atoms with Gasteiger partial charge in [-0.3, -0.25) is 14.5 Å². The van der Waals surface area contributed by atoms with Crippen molar-refractivity contribution in [1.29, 1.82) is 0 Å². The van der Waals surface area contributed by atoms with Crippen molar-refractivity contribution in [1.82, 2.24) is 14.7 Å². The molecule has 0 radical (unpaired) electrons. The van der Waals surface area contributed by atoms with Crippen molar-refractivity contribution in [3.05, 3.63) is 35.4 Å². The van der Waals surface area contributed by atoms with Gasteiger partial charge in [0.2, 0.25) is 11.8 Å². The first-order chi connectivity index (χ1) is 15.3. The first-order valence-corrected chi connectivity index (χ1v) is 13.7. The fourth-order valence-electron chi connectivity index (χ4n) is 5.39. The smallest absolute Gasteiger partial charge is 0.237 e. The second-order valence-corrected chi connectivity index (χ2v) is 11.8. The van der Waals surface area contributed by atoms with Crippen LogP contribution in [0.4, 0.5) is 0 Å². The Morgan fingerprint density at radius 3 is 2.31 bits per heavy atom. The number of nitrogens with zero attached hydrogens (tertiary/aromatic N) is 3. The van der Waals surface area contributed by atoms with Crippen molar-refractivity contribution in [2.24, 2.45) is 0 Å². The summed E-state index contributed by atoms with van der Waals surface area (Å²) >= 11 is 0. The molecule has 7 nitrogen and oxygen atoms in total. The predicted molar refractivity (Wildman–Crippen MR) is 124 cm³/mol. The van der Waals surface area contributed by atoms with Gasteiger partial charge < -0.3 is 9.80 Å².